The van der Waals surface area contributed by atoms with Crippen molar-refractivity contribution in [3.63, 3.8) is 0 Å². The first-order chi connectivity index (χ1) is 10.7. The normalized spacial score (nSPS) is 18.5. The molecule has 1 saturated carbocycles. The molecular weight excluding hydrogens is 266 g/mol. The van der Waals surface area contributed by atoms with Gasteiger partial charge in [0, 0.05) is 18.3 Å². The smallest absolute Gasteiger partial charge is 0.0861 e. The molecule has 1 aliphatic carbocycles. The van der Waals surface area contributed by atoms with Crippen molar-refractivity contribution in [1.82, 2.24) is 0 Å². The molecule has 2 aromatic carbocycles. The van der Waals surface area contributed by atoms with E-state index in [1.165, 1.54) is 36.8 Å². The molecule has 0 radical (unpaired) electrons. The van der Waals surface area contributed by atoms with Gasteiger partial charge in [-0.2, -0.15) is 0 Å². The Bertz CT molecular complexity index is 524. The van der Waals surface area contributed by atoms with Crippen LogP contribution in [0, 0.1) is 0 Å². The van der Waals surface area contributed by atoms with Crippen LogP contribution in [-0.4, -0.2) is 12.1 Å². The van der Waals surface area contributed by atoms with Gasteiger partial charge in [0.25, 0.3) is 0 Å². The van der Waals surface area contributed by atoms with Crippen molar-refractivity contribution in [2.75, 3.05) is 0 Å². The Kier molecular flexibility index (Phi) is 4.63. The molecule has 0 unspecified atom stereocenters. The molecule has 1 nitrogen and oxygen atoms in total. The third-order valence-electron chi connectivity index (χ3n) is 5.19. The maximum Gasteiger partial charge on any atom is 0.0861 e. The summed E-state index contributed by atoms with van der Waals surface area (Å²) in [5, 5.41) is 2.56. The fourth-order valence-corrected chi connectivity index (χ4v) is 4.13. The Labute approximate surface area is 134 Å². The minimum Gasteiger partial charge on any atom is -0.342 e. The number of hydrogen-bond acceptors (Lipinski definition) is 0. The van der Waals surface area contributed by atoms with Crippen LogP contribution in [0.3, 0.4) is 0 Å². The van der Waals surface area contributed by atoms with Crippen molar-refractivity contribution in [3.05, 3.63) is 71.8 Å². The Morgan fingerprint density at radius 1 is 0.818 bits per heavy atom. The third kappa shape index (κ3) is 3.10. The molecule has 1 aliphatic rings. The van der Waals surface area contributed by atoms with Gasteiger partial charge in [0.1, 0.15) is 0 Å². The maximum atomic E-state index is 2.56. The van der Waals surface area contributed by atoms with E-state index in [1.807, 2.05) is 0 Å². The molecule has 2 N–H and O–H groups in total. The lowest BCUT2D eigenvalue weighted by molar-refractivity contribution is -0.718. The Hall–Kier alpha value is -1.60. The molecule has 0 heterocycles. The van der Waals surface area contributed by atoms with Crippen LogP contribution < -0.4 is 5.32 Å². The van der Waals surface area contributed by atoms with Crippen LogP contribution in [-0.2, 0) is 5.41 Å². The molecule has 1 heteroatoms. The highest BCUT2D eigenvalue weighted by Gasteiger charge is 2.39. The Morgan fingerprint density at radius 3 is 1.68 bits per heavy atom. The lowest BCUT2D eigenvalue weighted by Crippen LogP contribution is -2.94. The minimum absolute atomic E-state index is 0.212. The number of quaternary nitrogens is 1. The van der Waals surface area contributed by atoms with E-state index in [0.29, 0.717) is 6.04 Å². The van der Waals surface area contributed by atoms with Gasteiger partial charge in [-0.3, -0.25) is 0 Å². The fourth-order valence-electron chi connectivity index (χ4n) is 4.13. The fraction of sp³-hybridized carbons (Fsp3) is 0.429. The van der Waals surface area contributed by atoms with Crippen molar-refractivity contribution in [1.29, 1.82) is 0 Å². The van der Waals surface area contributed by atoms with E-state index in [1.54, 1.807) is 0 Å². The SMILES string of the molecule is CC(C)[NH2+]C1CCC(c2ccccc2)(c2ccccc2)CC1. The van der Waals surface area contributed by atoms with Gasteiger partial charge in [0.15, 0.2) is 0 Å². The van der Waals surface area contributed by atoms with E-state index in [4.69, 9.17) is 0 Å². The quantitative estimate of drug-likeness (QED) is 0.881. The highest BCUT2D eigenvalue weighted by Crippen LogP contribution is 2.44. The first-order valence-electron chi connectivity index (χ1n) is 8.67. The second kappa shape index (κ2) is 6.66. The largest absolute Gasteiger partial charge is 0.342 e. The summed E-state index contributed by atoms with van der Waals surface area (Å²) in [7, 11) is 0. The van der Waals surface area contributed by atoms with Gasteiger partial charge in [0.2, 0.25) is 0 Å². The zero-order valence-electron chi connectivity index (χ0n) is 13.8. The van der Waals surface area contributed by atoms with Crippen LogP contribution in [0.2, 0.25) is 0 Å². The molecule has 0 saturated heterocycles. The molecular formula is C21H28N+. The standard InChI is InChI=1S/C21H27N/c1-17(2)22-20-13-15-21(16-14-20,18-9-5-3-6-10-18)19-11-7-4-8-12-19/h3-12,17,20,22H,13-16H2,1-2H3/p+1. The molecule has 0 atom stereocenters. The number of rotatable bonds is 4. The van der Waals surface area contributed by atoms with Crippen LogP contribution in [0.25, 0.3) is 0 Å². The summed E-state index contributed by atoms with van der Waals surface area (Å²) in [6.45, 7) is 4.60. The summed E-state index contributed by atoms with van der Waals surface area (Å²) >= 11 is 0. The summed E-state index contributed by atoms with van der Waals surface area (Å²) in [6.07, 6.45) is 5.13. The first kappa shape index (κ1) is 15.3. The average Bonchev–Trinajstić information content (AvgIpc) is 2.57. The number of hydrogen-bond donors (Lipinski definition) is 1. The number of benzene rings is 2. The van der Waals surface area contributed by atoms with Crippen molar-refractivity contribution in [3.8, 4) is 0 Å². The highest BCUT2D eigenvalue weighted by molar-refractivity contribution is 5.39. The maximum absolute atomic E-state index is 2.56. The Morgan fingerprint density at radius 2 is 1.27 bits per heavy atom. The molecule has 0 aliphatic heterocycles. The predicted molar refractivity (Wildman–Crippen MR) is 93.0 cm³/mol. The van der Waals surface area contributed by atoms with Gasteiger partial charge in [0.05, 0.1) is 12.1 Å². The molecule has 116 valence electrons. The number of nitrogens with two attached hydrogens (primary N) is 1. The van der Waals surface area contributed by atoms with Crippen LogP contribution >= 0.6 is 0 Å². The van der Waals surface area contributed by atoms with Gasteiger partial charge < -0.3 is 5.32 Å². The first-order valence-corrected chi connectivity index (χ1v) is 8.67. The monoisotopic (exact) mass is 294 g/mol. The van der Waals surface area contributed by atoms with Crippen LogP contribution in [0.1, 0.15) is 50.7 Å². The van der Waals surface area contributed by atoms with Gasteiger partial charge >= 0.3 is 0 Å². The Balaban J connectivity index is 1.90. The van der Waals surface area contributed by atoms with Gasteiger partial charge in [-0.05, 0) is 37.8 Å². The van der Waals surface area contributed by atoms with E-state index >= 15 is 0 Å². The molecule has 0 spiro atoms. The van der Waals surface area contributed by atoms with Crippen LogP contribution in [0.15, 0.2) is 60.7 Å². The zero-order valence-corrected chi connectivity index (χ0v) is 13.8. The summed E-state index contributed by atoms with van der Waals surface area (Å²) < 4.78 is 0. The lowest BCUT2D eigenvalue weighted by Gasteiger charge is -2.41. The predicted octanol–water partition coefficient (Wildman–Crippen LogP) is 3.89. The molecule has 0 aromatic heterocycles. The molecule has 3 rings (SSSR count). The van der Waals surface area contributed by atoms with E-state index in [0.717, 1.165) is 6.04 Å². The third-order valence-corrected chi connectivity index (χ3v) is 5.19. The van der Waals surface area contributed by atoms with Crippen molar-refractivity contribution >= 4 is 0 Å². The van der Waals surface area contributed by atoms with Crippen molar-refractivity contribution < 1.29 is 5.32 Å². The second-order valence-electron chi connectivity index (χ2n) is 7.09. The van der Waals surface area contributed by atoms with Gasteiger partial charge in [-0.25, -0.2) is 0 Å². The molecule has 1 fully saturated rings. The highest BCUT2D eigenvalue weighted by atomic mass is 14.9. The van der Waals surface area contributed by atoms with Crippen molar-refractivity contribution in [2.24, 2.45) is 0 Å². The molecule has 0 bridgehead atoms. The van der Waals surface area contributed by atoms with E-state index in [-0.39, 0.29) is 5.41 Å². The van der Waals surface area contributed by atoms with E-state index < -0.39 is 0 Å². The zero-order chi connectivity index (χ0) is 15.4. The molecule has 2 aromatic rings. The van der Waals surface area contributed by atoms with Crippen LogP contribution in [0.4, 0.5) is 0 Å². The lowest BCUT2D eigenvalue weighted by atomic mass is 9.64. The van der Waals surface area contributed by atoms with Gasteiger partial charge in [-0.1, -0.05) is 60.7 Å². The minimum atomic E-state index is 0.212. The van der Waals surface area contributed by atoms with E-state index in [2.05, 4.69) is 79.8 Å². The molecule has 0 amide bonds. The van der Waals surface area contributed by atoms with Crippen molar-refractivity contribution in [2.45, 2.75) is 57.0 Å². The summed E-state index contributed by atoms with van der Waals surface area (Å²) in [6, 6.07) is 23.8. The summed E-state index contributed by atoms with van der Waals surface area (Å²) in [5.41, 5.74) is 3.19. The molecule has 22 heavy (non-hydrogen) atoms. The van der Waals surface area contributed by atoms with Gasteiger partial charge in [-0.15, -0.1) is 0 Å². The van der Waals surface area contributed by atoms with Crippen LogP contribution in [0.5, 0.6) is 0 Å². The average molecular weight is 294 g/mol. The summed E-state index contributed by atoms with van der Waals surface area (Å²) in [4.78, 5) is 0. The second-order valence-corrected chi connectivity index (χ2v) is 7.09. The summed E-state index contributed by atoms with van der Waals surface area (Å²) in [5.74, 6) is 0. The van der Waals surface area contributed by atoms with E-state index in [9.17, 15) is 0 Å². The topological polar surface area (TPSA) is 16.6 Å².